The second-order valence-electron chi connectivity index (χ2n) is 4.03. The van der Waals surface area contributed by atoms with Crippen LogP contribution in [0.15, 0.2) is 33.9 Å². The number of aromatic nitrogens is 1. The predicted molar refractivity (Wildman–Crippen MR) is 69.8 cm³/mol. The monoisotopic (exact) mass is 302 g/mol. The number of carbonyl (C=O) groups excluding carboxylic acids is 1. The Morgan fingerprint density at radius 2 is 2.20 bits per heavy atom. The number of thioether (sulfide) groups is 1. The van der Waals surface area contributed by atoms with Crippen LogP contribution >= 0.6 is 11.8 Å². The van der Waals surface area contributed by atoms with E-state index >= 15 is 0 Å². The quantitative estimate of drug-likeness (QED) is 0.794. The summed E-state index contributed by atoms with van der Waals surface area (Å²) >= 11 is 1.02. The van der Waals surface area contributed by atoms with E-state index in [1.165, 1.54) is 0 Å². The van der Waals surface area contributed by atoms with Crippen molar-refractivity contribution in [3.63, 3.8) is 0 Å². The average Bonchev–Trinajstić information content (AvgIpc) is 2.86. The van der Waals surface area contributed by atoms with E-state index in [1.807, 2.05) is 11.4 Å². The summed E-state index contributed by atoms with van der Waals surface area (Å²) in [6, 6.07) is 7.12. The molecular weight excluding hydrogens is 290 g/mol. The second-order valence-corrected chi connectivity index (χ2v) is 4.95. The van der Waals surface area contributed by atoms with E-state index in [0.29, 0.717) is 16.3 Å². The number of para-hydroxylation sites is 2. The number of hydrogen-bond acceptors (Lipinski definition) is 5. The predicted octanol–water partition coefficient (Wildman–Crippen LogP) is 1.66. The average molecular weight is 302 g/mol. The molecule has 2 rings (SSSR count). The van der Waals surface area contributed by atoms with Crippen LogP contribution in [-0.2, 0) is 4.79 Å². The summed E-state index contributed by atoms with van der Waals surface area (Å²) < 4.78 is 30.8. The van der Waals surface area contributed by atoms with Crippen LogP contribution in [0.25, 0.3) is 11.1 Å². The van der Waals surface area contributed by atoms with Crippen LogP contribution in [0, 0.1) is 0 Å². The van der Waals surface area contributed by atoms with Crippen LogP contribution in [0.5, 0.6) is 0 Å². The molecular formula is C12H12F2N2O3S. The maximum atomic E-state index is 12.7. The Hall–Kier alpha value is -1.67. The minimum atomic E-state index is -3.31. The Morgan fingerprint density at radius 1 is 1.45 bits per heavy atom. The second kappa shape index (κ2) is 6.19. The van der Waals surface area contributed by atoms with Crippen LogP contribution in [0.3, 0.4) is 0 Å². The first-order chi connectivity index (χ1) is 9.50. The number of hydrogen-bond donors (Lipinski definition) is 2. The zero-order valence-corrected chi connectivity index (χ0v) is 11.1. The molecule has 20 heavy (non-hydrogen) atoms. The number of amides is 1. The van der Waals surface area contributed by atoms with Crippen LogP contribution in [0.4, 0.5) is 8.78 Å². The third-order valence-corrected chi connectivity index (χ3v) is 3.20. The molecule has 0 aliphatic heterocycles. The van der Waals surface area contributed by atoms with Gasteiger partial charge in [0, 0.05) is 0 Å². The normalized spacial score (nSPS) is 11.8. The largest absolute Gasteiger partial charge is 0.431 e. The number of rotatable bonds is 6. The highest BCUT2D eigenvalue weighted by Crippen LogP contribution is 2.22. The van der Waals surface area contributed by atoms with Gasteiger partial charge in [0.05, 0.1) is 12.3 Å². The summed E-state index contributed by atoms with van der Waals surface area (Å²) in [4.78, 5) is 15.5. The molecule has 0 saturated carbocycles. The first kappa shape index (κ1) is 14.7. The smallest absolute Gasteiger partial charge is 0.287 e. The van der Waals surface area contributed by atoms with Crippen molar-refractivity contribution in [2.24, 2.45) is 0 Å². The molecule has 5 nitrogen and oxygen atoms in total. The summed E-state index contributed by atoms with van der Waals surface area (Å²) in [7, 11) is 0. The lowest BCUT2D eigenvalue weighted by molar-refractivity contribution is -0.121. The van der Waals surface area contributed by atoms with E-state index in [0.717, 1.165) is 11.8 Å². The van der Waals surface area contributed by atoms with Crippen LogP contribution < -0.4 is 5.32 Å². The lowest BCUT2D eigenvalue weighted by Gasteiger charge is -2.13. The molecule has 0 radical (unpaired) electrons. The Balaban J connectivity index is 1.84. The standard InChI is InChI=1S/C12H12F2N2O3S/c13-12(14,7-17)6-15-10(18)5-20-11-16-8-3-1-2-4-9(8)19-11/h1-4,17H,5-7H2,(H,15,18). The highest BCUT2D eigenvalue weighted by Gasteiger charge is 2.28. The van der Waals surface area contributed by atoms with Crippen molar-refractivity contribution in [2.45, 2.75) is 11.1 Å². The van der Waals surface area contributed by atoms with Gasteiger partial charge in [-0.1, -0.05) is 23.9 Å². The van der Waals surface area contributed by atoms with Crippen molar-refractivity contribution in [3.8, 4) is 0 Å². The van der Waals surface area contributed by atoms with Crippen molar-refractivity contribution in [1.82, 2.24) is 10.3 Å². The maximum absolute atomic E-state index is 12.7. The molecule has 1 amide bonds. The van der Waals surface area contributed by atoms with Gasteiger partial charge in [-0.2, -0.15) is 0 Å². The van der Waals surface area contributed by atoms with E-state index in [-0.39, 0.29) is 5.75 Å². The number of oxazole rings is 1. The van der Waals surface area contributed by atoms with Gasteiger partial charge in [-0.3, -0.25) is 4.79 Å². The van der Waals surface area contributed by atoms with Crippen molar-refractivity contribution >= 4 is 28.8 Å². The van der Waals surface area contributed by atoms with Gasteiger partial charge in [-0.05, 0) is 12.1 Å². The molecule has 1 aromatic heterocycles. The number of benzene rings is 1. The molecule has 1 heterocycles. The summed E-state index contributed by atoms with van der Waals surface area (Å²) in [5, 5.41) is 10.7. The number of carbonyl (C=O) groups is 1. The van der Waals surface area contributed by atoms with E-state index in [4.69, 9.17) is 9.52 Å². The van der Waals surface area contributed by atoms with E-state index in [2.05, 4.69) is 4.98 Å². The van der Waals surface area contributed by atoms with Crippen molar-refractivity contribution in [2.75, 3.05) is 18.9 Å². The molecule has 0 unspecified atom stereocenters. The number of aliphatic hydroxyl groups excluding tert-OH is 1. The lowest BCUT2D eigenvalue weighted by atomic mass is 10.3. The van der Waals surface area contributed by atoms with Crippen LogP contribution in [-0.4, -0.2) is 40.8 Å². The van der Waals surface area contributed by atoms with Gasteiger partial charge >= 0.3 is 0 Å². The first-order valence-corrected chi connectivity index (χ1v) is 6.72. The van der Waals surface area contributed by atoms with Gasteiger partial charge < -0.3 is 14.8 Å². The molecule has 2 aromatic rings. The van der Waals surface area contributed by atoms with Gasteiger partial charge in [-0.25, -0.2) is 13.8 Å². The van der Waals surface area contributed by atoms with Crippen molar-refractivity contribution in [3.05, 3.63) is 24.3 Å². The Morgan fingerprint density at radius 3 is 2.90 bits per heavy atom. The SMILES string of the molecule is O=C(CSc1nc2ccccc2o1)NCC(F)(F)CO. The number of halogens is 2. The summed E-state index contributed by atoms with van der Waals surface area (Å²) in [5.41, 5.74) is 1.27. The molecule has 0 aliphatic carbocycles. The van der Waals surface area contributed by atoms with E-state index in [1.54, 1.807) is 18.2 Å². The molecule has 0 saturated heterocycles. The van der Waals surface area contributed by atoms with Crippen molar-refractivity contribution in [1.29, 1.82) is 0 Å². The number of aliphatic hydroxyl groups is 1. The Bertz CT molecular complexity index is 570. The molecule has 0 aliphatic rings. The molecule has 8 heteroatoms. The molecule has 0 fully saturated rings. The van der Waals surface area contributed by atoms with E-state index in [9.17, 15) is 13.6 Å². The fourth-order valence-corrected chi connectivity index (χ4v) is 2.04. The van der Waals surface area contributed by atoms with E-state index < -0.39 is 25.0 Å². The Kier molecular flexibility index (Phi) is 4.56. The summed E-state index contributed by atoms with van der Waals surface area (Å²) in [6.07, 6.45) is 0. The minimum absolute atomic E-state index is 0.0890. The van der Waals surface area contributed by atoms with Gasteiger partial charge in [-0.15, -0.1) is 0 Å². The molecule has 2 N–H and O–H groups in total. The maximum Gasteiger partial charge on any atom is 0.287 e. The Labute approximate surface area is 117 Å². The van der Waals surface area contributed by atoms with Crippen molar-refractivity contribution < 1.29 is 23.1 Å². The molecule has 0 spiro atoms. The molecule has 108 valence electrons. The number of fused-ring (bicyclic) bond motifs is 1. The van der Waals surface area contributed by atoms with Gasteiger partial charge in [0.1, 0.15) is 12.1 Å². The van der Waals surface area contributed by atoms with Gasteiger partial charge in [0.25, 0.3) is 11.1 Å². The molecule has 0 atom stereocenters. The molecule has 1 aromatic carbocycles. The number of nitrogens with zero attached hydrogens (tertiary/aromatic N) is 1. The summed E-state index contributed by atoms with van der Waals surface area (Å²) in [5.74, 6) is -3.97. The highest BCUT2D eigenvalue weighted by atomic mass is 32.2. The zero-order chi connectivity index (χ0) is 14.6. The topological polar surface area (TPSA) is 75.4 Å². The third kappa shape index (κ3) is 3.91. The number of nitrogens with one attached hydrogen (secondary N) is 1. The fourth-order valence-electron chi connectivity index (χ4n) is 1.37. The highest BCUT2D eigenvalue weighted by molar-refractivity contribution is 7.99. The van der Waals surface area contributed by atoms with Gasteiger partial charge in [0.15, 0.2) is 5.58 Å². The lowest BCUT2D eigenvalue weighted by Crippen LogP contribution is -2.39. The van der Waals surface area contributed by atoms with Gasteiger partial charge in [0.2, 0.25) is 5.91 Å². The van der Waals surface area contributed by atoms with Crippen LogP contribution in [0.2, 0.25) is 0 Å². The zero-order valence-electron chi connectivity index (χ0n) is 10.3. The summed E-state index contributed by atoms with van der Waals surface area (Å²) in [6.45, 7) is -2.19. The third-order valence-electron chi connectivity index (χ3n) is 2.38. The minimum Gasteiger partial charge on any atom is -0.431 e. The first-order valence-electron chi connectivity index (χ1n) is 5.74. The van der Waals surface area contributed by atoms with Crippen LogP contribution in [0.1, 0.15) is 0 Å². The number of alkyl halides is 2. The fraction of sp³-hybridized carbons (Fsp3) is 0.333. The molecule has 0 bridgehead atoms.